The molecular weight excluding hydrogens is 224 g/mol. The molecule has 1 aliphatic rings. The Labute approximate surface area is 110 Å². The van der Waals surface area contributed by atoms with Crippen molar-refractivity contribution in [2.45, 2.75) is 45.4 Å². The molecule has 0 spiro atoms. The molecule has 1 saturated carbocycles. The third-order valence-electron chi connectivity index (χ3n) is 4.32. The van der Waals surface area contributed by atoms with E-state index in [9.17, 15) is 0 Å². The minimum Gasteiger partial charge on any atom is -0.466 e. The van der Waals surface area contributed by atoms with Gasteiger partial charge in [-0.05, 0) is 43.9 Å². The second-order valence-electron chi connectivity index (χ2n) is 6.46. The van der Waals surface area contributed by atoms with E-state index in [0.717, 1.165) is 31.2 Å². The van der Waals surface area contributed by atoms with Crippen LogP contribution in [0, 0.1) is 12.3 Å². The molecule has 1 fully saturated rings. The third-order valence-corrected chi connectivity index (χ3v) is 4.32. The van der Waals surface area contributed by atoms with Gasteiger partial charge in [0.2, 0.25) is 0 Å². The smallest absolute Gasteiger partial charge is 0.111 e. The van der Waals surface area contributed by atoms with Gasteiger partial charge in [-0.25, -0.2) is 0 Å². The van der Waals surface area contributed by atoms with Crippen molar-refractivity contribution < 1.29 is 4.42 Å². The first kappa shape index (κ1) is 13.6. The van der Waals surface area contributed by atoms with Gasteiger partial charge in [-0.15, -0.1) is 0 Å². The Morgan fingerprint density at radius 3 is 2.56 bits per heavy atom. The van der Waals surface area contributed by atoms with Crippen molar-refractivity contribution in [3.05, 3.63) is 23.7 Å². The average molecular weight is 250 g/mol. The molecule has 0 aliphatic heterocycles. The summed E-state index contributed by atoms with van der Waals surface area (Å²) in [6.07, 6.45) is 3.88. The molecule has 3 heteroatoms. The summed E-state index contributed by atoms with van der Waals surface area (Å²) in [7, 11) is 0. The van der Waals surface area contributed by atoms with Gasteiger partial charge in [0.05, 0.1) is 0 Å². The molecule has 1 heterocycles. The molecular formula is C15H26N2O. The molecule has 0 saturated heterocycles. The molecule has 3 nitrogen and oxygen atoms in total. The Morgan fingerprint density at radius 1 is 1.39 bits per heavy atom. The number of rotatable bonds is 6. The Kier molecular flexibility index (Phi) is 3.83. The molecule has 0 aromatic carbocycles. The summed E-state index contributed by atoms with van der Waals surface area (Å²) in [6, 6.07) is 4.11. The molecule has 0 atom stereocenters. The van der Waals surface area contributed by atoms with Crippen molar-refractivity contribution in [1.29, 1.82) is 0 Å². The normalized spacial score (nSPS) is 18.7. The van der Waals surface area contributed by atoms with Crippen LogP contribution in [0.15, 0.2) is 16.5 Å². The molecule has 1 aliphatic carbocycles. The van der Waals surface area contributed by atoms with Crippen molar-refractivity contribution in [3.8, 4) is 0 Å². The van der Waals surface area contributed by atoms with Gasteiger partial charge >= 0.3 is 0 Å². The van der Waals surface area contributed by atoms with E-state index >= 15 is 0 Å². The highest BCUT2D eigenvalue weighted by atomic mass is 16.3. The van der Waals surface area contributed by atoms with Crippen LogP contribution in [0.5, 0.6) is 0 Å². The van der Waals surface area contributed by atoms with Crippen LogP contribution in [-0.2, 0) is 5.41 Å². The standard InChI is InChI=1S/C15H26N2O/c1-12-5-6-13(18-12)14(2,3)10-17-11-15(9-16)7-4-8-15/h5-6,17H,4,7-11,16H2,1-3H3. The largest absolute Gasteiger partial charge is 0.466 e. The maximum Gasteiger partial charge on any atom is 0.111 e. The predicted octanol–water partition coefficient (Wildman–Crippen LogP) is 2.58. The maximum atomic E-state index is 5.87. The lowest BCUT2D eigenvalue weighted by atomic mass is 9.68. The first-order chi connectivity index (χ1) is 8.47. The van der Waals surface area contributed by atoms with Crippen LogP contribution in [-0.4, -0.2) is 19.6 Å². The summed E-state index contributed by atoms with van der Waals surface area (Å²) in [5.41, 5.74) is 6.28. The number of nitrogens with two attached hydrogens (primary N) is 1. The fourth-order valence-corrected chi connectivity index (χ4v) is 2.66. The molecule has 0 amide bonds. The lowest BCUT2D eigenvalue weighted by molar-refractivity contribution is 0.137. The lowest BCUT2D eigenvalue weighted by Gasteiger charge is -2.41. The Hall–Kier alpha value is -0.800. The van der Waals surface area contributed by atoms with Gasteiger partial charge in [-0.1, -0.05) is 20.3 Å². The van der Waals surface area contributed by atoms with E-state index in [1.807, 2.05) is 13.0 Å². The fourth-order valence-electron chi connectivity index (χ4n) is 2.66. The first-order valence-electron chi connectivity index (χ1n) is 6.95. The van der Waals surface area contributed by atoms with Gasteiger partial charge in [0.1, 0.15) is 11.5 Å². The van der Waals surface area contributed by atoms with Crippen LogP contribution in [0.3, 0.4) is 0 Å². The van der Waals surface area contributed by atoms with Crippen molar-refractivity contribution in [1.82, 2.24) is 5.32 Å². The summed E-state index contributed by atoms with van der Waals surface area (Å²) >= 11 is 0. The summed E-state index contributed by atoms with van der Waals surface area (Å²) in [5.74, 6) is 2.04. The van der Waals surface area contributed by atoms with Gasteiger partial charge in [-0.3, -0.25) is 0 Å². The summed E-state index contributed by atoms with van der Waals surface area (Å²) in [5, 5.41) is 3.59. The highest BCUT2D eigenvalue weighted by molar-refractivity contribution is 5.15. The minimum atomic E-state index is 0.0355. The van der Waals surface area contributed by atoms with Crippen molar-refractivity contribution in [2.75, 3.05) is 19.6 Å². The van der Waals surface area contributed by atoms with Gasteiger partial charge in [0.15, 0.2) is 0 Å². The lowest BCUT2D eigenvalue weighted by Crippen LogP contribution is -2.47. The SMILES string of the molecule is Cc1ccc(C(C)(C)CNCC2(CN)CCC2)o1. The summed E-state index contributed by atoms with van der Waals surface area (Å²) in [6.45, 7) is 9.20. The van der Waals surface area contributed by atoms with Crippen LogP contribution < -0.4 is 11.1 Å². The van der Waals surface area contributed by atoms with E-state index in [1.54, 1.807) is 0 Å². The van der Waals surface area contributed by atoms with Crippen LogP contribution >= 0.6 is 0 Å². The van der Waals surface area contributed by atoms with Crippen molar-refractivity contribution >= 4 is 0 Å². The Morgan fingerprint density at radius 2 is 2.11 bits per heavy atom. The third kappa shape index (κ3) is 2.78. The van der Waals surface area contributed by atoms with Crippen LogP contribution in [0.4, 0.5) is 0 Å². The van der Waals surface area contributed by atoms with Crippen LogP contribution in [0.2, 0.25) is 0 Å². The van der Waals surface area contributed by atoms with Gasteiger partial charge < -0.3 is 15.5 Å². The highest BCUT2D eigenvalue weighted by Gasteiger charge is 2.35. The summed E-state index contributed by atoms with van der Waals surface area (Å²) in [4.78, 5) is 0. The molecule has 2 rings (SSSR count). The van der Waals surface area contributed by atoms with E-state index in [-0.39, 0.29) is 5.41 Å². The molecule has 0 radical (unpaired) electrons. The van der Waals surface area contributed by atoms with E-state index < -0.39 is 0 Å². The molecule has 1 aromatic rings. The monoisotopic (exact) mass is 250 g/mol. The topological polar surface area (TPSA) is 51.2 Å². The van der Waals surface area contributed by atoms with Gasteiger partial charge in [0.25, 0.3) is 0 Å². The zero-order chi connectivity index (χ0) is 13.2. The fraction of sp³-hybridized carbons (Fsp3) is 0.733. The first-order valence-corrected chi connectivity index (χ1v) is 6.95. The number of hydrogen-bond acceptors (Lipinski definition) is 3. The predicted molar refractivity (Wildman–Crippen MR) is 74.7 cm³/mol. The average Bonchev–Trinajstić information content (AvgIpc) is 2.70. The Balaban J connectivity index is 1.85. The molecule has 102 valence electrons. The quantitative estimate of drug-likeness (QED) is 0.816. The second kappa shape index (κ2) is 5.06. The van der Waals surface area contributed by atoms with E-state index in [4.69, 9.17) is 10.2 Å². The van der Waals surface area contributed by atoms with Crippen LogP contribution in [0.1, 0.15) is 44.6 Å². The number of nitrogens with one attached hydrogen (secondary N) is 1. The maximum absolute atomic E-state index is 5.87. The minimum absolute atomic E-state index is 0.0355. The number of aryl methyl sites for hydroxylation is 1. The number of furan rings is 1. The zero-order valence-corrected chi connectivity index (χ0v) is 11.9. The highest BCUT2D eigenvalue weighted by Crippen LogP contribution is 2.39. The van der Waals surface area contributed by atoms with Crippen LogP contribution in [0.25, 0.3) is 0 Å². The number of hydrogen-bond donors (Lipinski definition) is 2. The molecule has 0 unspecified atom stereocenters. The van der Waals surface area contributed by atoms with Gasteiger partial charge in [0, 0.05) is 18.5 Å². The van der Waals surface area contributed by atoms with Crippen molar-refractivity contribution in [2.24, 2.45) is 11.1 Å². The van der Waals surface area contributed by atoms with E-state index in [1.165, 1.54) is 19.3 Å². The second-order valence-corrected chi connectivity index (χ2v) is 6.46. The molecule has 18 heavy (non-hydrogen) atoms. The zero-order valence-electron chi connectivity index (χ0n) is 11.9. The molecule has 0 bridgehead atoms. The van der Waals surface area contributed by atoms with E-state index in [2.05, 4.69) is 25.2 Å². The van der Waals surface area contributed by atoms with Crippen molar-refractivity contribution in [3.63, 3.8) is 0 Å². The molecule has 1 aromatic heterocycles. The van der Waals surface area contributed by atoms with Gasteiger partial charge in [-0.2, -0.15) is 0 Å². The summed E-state index contributed by atoms with van der Waals surface area (Å²) < 4.78 is 5.73. The van der Waals surface area contributed by atoms with E-state index in [0.29, 0.717) is 5.41 Å². The molecule has 3 N–H and O–H groups in total. The Bertz CT molecular complexity index is 385.